The molecule has 0 radical (unpaired) electrons. The summed E-state index contributed by atoms with van der Waals surface area (Å²) < 4.78 is 0. The molecule has 2 unspecified atom stereocenters. The molecule has 1 aliphatic rings. The highest BCUT2D eigenvalue weighted by atomic mass is 16.4. The third kappa shape index (κ3) is 7.32. The van der Waals surface area contributed by atoms with Crippen molar-refractivity contribution in [1.29, 1.82) is 0 Å². The van der Waals surface area contributed by atoms with E-state index >= 15 is 0 Å². The lowest BCUT2D eigenvalue weighted by molar-refractivity contribution is -0.143. The summed E-state index contributed by atoms with van der Waals surface area (Å²) >= 11 is 0. The van der Waals surface area contributed by atoms with Crippen molar-refractivity contribution in [2.75, 3.05) is 6.54 Å². The van der Waals surface area contributed by atoms with Gasteiger partial charge in [0, 0.05) is 12.5 Å². The maximum atomic E-state index is 12.4. The molecule has 0 bridgehead atoms. The highest BCUT2D eigenvalue weighted by Crippen LogP contribution is 2.28. The quantitative estimate of drug-likeness (QED) is 0.491. The second-order valence-corrected chi connectivity index (χ2v) is 8.26. The average molecular weight is 370 g/mol. The molecule has 0 heterocycles. The molecule has 26 heavy (non-hydrogen) atoms. The van der Waals surface area contributed by atoms with Gasteiger partial charge in [-0.2, -0.15) is 0 Å². The number of carbonyl (C=O) groups is 3. The molecule has 0 spiro atoms. The number of carboxylic acids is 1. The Labute approximate surface area is 156 Å². The molecule has 7 nitrogen and oxygen atoms in total. The molecule has 0 saturated heterocycles. The van der Waals surface area contributed by atoms with Crippen LogP contribution in [-0.4, -0.2) is 41.5 Å². The lowest BCUT2D eigenvalue weighted by Gasteiger charge is -2.29. The van der Waals surface area contributed by atoms with Crippen molar-refractivity contribution in [2.24, 2.45) is 29.4 Å². The summed E-state index contributed by atoms with van der Waals surface area (Å²) in [6.45, 7) is 8.29. The largest absolute Gasteiger partial charge is 0.480 e. The van der Waals surface area contributed by atoms with E-state index in [1.165, 1.54) is 0 Å². The normalized spacial score (nSPS) is 22.7. The van der Waals surface area contributed by atoms with E-state index in [0.29, 0.717) is 18.9 Å². The Morgan fingerprint density at radius 3 is 2.12 bits per heavy atom. The third-order valence-corrected chi connectivity index (χ3v) is 5.13. The summed E-state index contributed by atoms with van der Waals surface area (Å²) in [6, 6.07) is -1.32. The van der Waals surface area contributed by atoms with Crippen molar-refractivity contribution in [3.05, 3.63) is 0 Å². The van der Waals surface area contributed by atoms with Crippen molar-refractivity contribution in [1.82, 2.24) is 10.6 Å². The van der Waals surface area contributed by atoms with Gasteiger partial charge in [-0.15, -0.1) is 0 Å². The molecule has 1 aliphatic carbocycles. The number of hydrogen-bond acceptors (Lipinski definition) is 4. The molecule has 7 heteroatoms. The van der Waals surface area contributed by atoms with Gasteiger partial charge in [0.2, 0.25) is 11.8 Å². The average Bonchev–Trinajstić information content (AvgIpc) is 2.58. The van der Waals surface area contributed by atoms with Crippen LogP contribution in [0.4, 0.5) is 0 Å². The number of aliphatic carboxylic acids is 1. The first-order valence-corrected chi connectivity index (χ1v) is 9.68. The Hall–Kier alpha value is -1.63. The van der Waals surface area contributed by atoms with Crippen molar-refractivity contribution < 1.29 is 19.5 Å². The van der Waals surface area contributed by atoms with Crippen LogP contribution in [0.5, 0.6) is 0 Å². The first kappa shape index (κ1) is 22.4. The lowest BCUT2D eigenvalue weighted by atomic mass is 9.81. The molecular weight excluding hydrogens is 334 g/mol. The monoisotopic (exact) mass is 369 g/mol. The maximum absolute atomic E-state index is 12.4. The molecule has 2 atom stereocenters. The summed E-state index contributed by atoms with van der Waals surface area (Å²) in [4.78, 5) is 35.6. The molecule has 1 fully saturated rings. The summed E-state index contributed by atoms with van der Waals surface area (Å²) in [6.07, 6.45) is 3.56. The van der Waals surface area contributed by atoms with Crippen LogP contribution in [0.25, 0.3) is 0 Å². The smallest absolute Gasteiger partial charge is 0.326 e. The molecule has 0 aromatic rings. The van der Waals surface area contributed by atoms with E-state index in [9.17, 15) is 19.5 Å². The van der Waals surface area contributed by atoms with Crippen molar-refractivity contribution >= 4 is 17.8 Å². The predicted molar refractivity (Wildman–Crippen MR) is 100 cm³/mol. The van der Waals surface area contributed by atoms with E-state index in [1.54, 1.807) is 0 Å². The van der Waals surface area contributed by atoms with Gasteiger partial charge in [0.1, 0.15) is 6.04 Å². The second-order valence-electron chi connectivity index (χ2n) is 8.26. The number of amides is 2. The molecule has 0 aliphatic heterocycles. The molecule has 5 N–H and O–H groups in total. The number of nitrogens with one attached hydrogen (secondary N) is 2. The van der Waals surface area contributed by atoms with Gasteiger partial charge in [-0.1, -0.05) is 27.7 Å². The van der Waals surface area contributed by atoms with Crippen LogP contribution in [0.2, 0.25) is 0 Å². The van der Waals surface area contributed by atoms with Crippen molar-refractivity contribution in [2.45, 2.75) is 71.9 Å². The van der Waals surface area contributed by atoms with Gasteiger partial charge < -0.3 is 21.5 Å². The summed E-state index contributed by atoms with van der Waals surface area (Å²) in [5.41, 5.74) is 5.83. The molecule has 150 valence electrons. The topological polar surface area (TPSA) is 122 Å². The zero-order valence-corrected chi connectivity index (χ0v) is 16.5. The number of rotatable bonds is 9. The lowest BCUT2D eigenvalue weighted by Crippen LogP contribution is -2.46. The van der Waals surface area contributed by atoms with Crippen LogP contribution in [0.3, 0.4) is 0 Å². The van der Waals surface area contributed by atoms with Crippen LogP contribution < -0.4 is 16.4 Å². The van der Waals surface area contributed by atoms with Crippen LogP contribution >= 0.6 is 0 Å². The fourth-order valence-electron chi connectivity index (χ4n) is 3.28. The van der Waals surface area contributed by atoms with Gasteiger partial charge in [-0.25, -0.2) is 4.79 Å². The van der Waals surface area contributed by atoms with Gasteiger partial charge >= 0.3 is 5.97 Å². The predicted octanol–water partition coefficient (Wildman–Crippen LogP) is 1.51. The maximum Gasteiger partial charge on any atom is 0.326 e. The molecule has 0 aromatic heterocycles. The fourth-order valence-corrected chi connectivity index (χ4v) is 3.28. The summed E-state index contributed by atoms with van der Waals surface area (Å²) in [5.74, 6) is -0.775. The van der Waals surface area contributed by atoms with E-state index in [0.717, 1.165) is 25.7 Å². The van der Waals surface area contributed by atoms with Gasteiger partial charge in [-0.05, 0) is 49.9 Å². The fraction of sp³-hybridized carbons (Fsp3) is 0.842. The zero-order chi connectivity index (χ0) is 19.9. The van der Waals surface area contributed by atoms with E-state index in [1.807, 2.05) is 27.7 Å². The first-order chi connectivity index (χ1) is 12.1. The molecule has 0 aromatic carbocycles. The Bertz CT molecular complexity index is 485. The van der Waals surface area contributed by atoms with Gasteiger partial charge in [0.15, 0.2) is 0 Å². The van der Waals surface area contributed by atoms with E-state index < -0.39 is 18.1 Å². The van der Waals surface area contributed by atoms with Crippen LogP contribution in [0.15, 0.2) is 0 Å². The molecule has 1 saturated carbocycles. The summed E-state index contributed by atoms with van der Waals surface area (Å²) in [5, 5.41) is 14.8. The standard InChI is InChI=1S/C19H35N3O4/c1-11(2)9-15(19(25)26)22-17(23)14-7-5-13(6-8-14)10-21-18(24)16(20)12(3)4/h11-16H,5-10,20H2,1-4H3,(H,21,24)(H,22,23)(H,25,26). The number of hydrogen-bond donors (Lipinski definition) is 4. The Kier molecular flexibility index (Phi) is 9.05. The van der Waals surface area contributed by atoms with Crippen LogP contribution in [0, 0.1) is 23.7 Å². The Morgan fingerprint density at radius 2 is 1.65 bits per heavy atom. The van der Waals surface area contributed by atoms with E-state index in [4.69, 9.17) is 5.73 Å². The van der Waals surface area contributed by atoms with Crippen molar-refractivity contribution in [3.8, 4) is 0 Å². The highest BCUT2D eigenvalue weighted by Gasteiger charge is 2.30. The minimum absolute atomic E-state index is 0.0995. The zero-order valence-electron chi connectivity index (χ0n) is 16.5. The molecular formula is C19H35N3O4. The molecule has 1 rings (SSSR count). The van der Waals surface area contributed by atoms with Gasteiger partial charge in [0.05, 0.1) is 6.04 Å². The Morgan fingerprint density at radius 1 is 1.08 bits per heavy atom. The first-order valence-electron chi connectivity index (χ1n) is 9.68. The minimum Gasteiger partial charge on any atom is -0.480 e. The number of carboxylic acid groups (broad SMARTS) is 1. The third-order valence-electron chi connectivity index (χ3n) is 5.13. The SMILES string of the molecule is CC(C)CC(NC(=O)C1CCC(CNC(=O)C(N)C(C)C)CC1)C(=O)O. The van der Waals surface area contributed by atoms with E-state index in [-0.39, 0.29) is 29.6 Å². The van der Waals surface area contributed by atoms with Crippen LogP contribution in [-0.2, 0) is 14.4 Å². The second kappa shape index (κ2) is 10.5. The van der Waals surface area contributed by atoms with Gasteiger partial charge in [-0.3, -0.25) is 9.59 Å². The number of nitrogens with two attached hydrogens (primary N) is 1. The van der Waals surface area contributed by atoms with Crippen LogP contribution in [0.1, 0.15) is 59.8 Å². The van der Waals surface area contributed by atoms with Gasteiger partial charge in [0.25, 0.3) is 0 Å². The molecule has 2 amide bonds. The van der Waals surface area contributed by atoms with Crippen molar-refractivity contribution in [3.63, 3.8) is 0 Å². The summed E-state index contributed by atoms with van der Waals surface area (Å²) in [7, 11) is 0. The number of carbonyl (C=O) groups excluding carboxylic acids is 2. The minimum atomic E-state index is -0.982. The highest BCUT2D eigenvalue weighted by molar-refractivity contribution is 5.85. The van der Waals surface area contributed by atoms with E-state index in [2.05, 4.69) is 10.6 Å². The Balaban J connectivity index is 2.39.